The van der Waals surface area contributed by atoms with Gasteiger partial charge in [0.1, 0.15) is 0 Å². The molecular weight excluding hydrogens is 354 g/mol. The molecule has 1 amide bonds. The van der Waals surface area contributed by atoms with Crippen molar-refractivity contribution in [2.75, 3.05) is 25.4 Å². The number of rotatable bonds is 5. The molecule has 0 radical (unpaired) electrons. The van der Waals surface area contributed by atoms with E-state index < -0.39 is 15.9 Å². The summed E-state index contributed by atoms with van der Waals surface area (Å²) in [6, 6.07) is 6.98. The zero-order valence-electron chi connectivity index (χ0n) is 12.7. The van der Waals surface area contributed by atoms with Crippen LogP contribution in [-0.2, 0) is 10.0 Å². The molecule has 0 spiro atoms. The van der Waals surface area contributed by atoms with Crippen molar-refractivity contribution in [2.45, 2.75) is 6.42 Å². The second-order valence-corrected chi connectivity index (χ2v) is 7.83. The Morgan fingerprint density at radius 2 is 2.17 bits per heavy atom. The fourth-order valence-electron chi connectivity index (χ4n) is 2.56. The van der Waals surface area contributed by atoms with Gasteiger partial charge in [0, 0.05) is 25.2 Å². The second kappa shape index (κ2) is 6.92. The summed E-state index contributed by atoms with van der Waals surface area (Å²) in [5.74, 6) is 0.0168. The van der Waals surface area contributed by atoms with Crippen LogP contribution in [0.4, 0.5) is 0 Å². The first kappa shape index (κ1) is 16.9. The molecule has 1 aromatic heterocycles. The summed E-state index contributed by atoms with van der Waals surface area (Å²) in [7, 11) is -3.17. The molecule has 0 bridgehead atoms. The molecule has 0 unspecified atom stereocenters. The average Bonchev–Trinajstić information content (AvgIpc) is 3.14. The van der Waals surface area contributed by atoms with Crippen molar-refractivity contribution < 1.29 is 17.6 Å². The number of hydrogen-bond acceptors (Lipinski definition) is 5. The van der Waals surface area contributed by atoms with Crippen LogP contribution < -0.4 is 5.32 Å². The van der Waals surface area contributed by atoms with Crippen molar-refractivity contribution in [3.8, 4) is 11.3 Å². The van der Waals surface area contributed by atoms with Crippen LogP contribution >= 0.6 is 11.6 Å². The van der Waals surface area contributed by atoms with E-state index in [4.69, 9.17) is 16.0 Å². The number of carbonyl (C=O) groups excluding carboxylic acids is 1. The number of benzene rings is 1. The normalized spacial score (nSPS) is 17.0. The maximum absolute atomic E-state index is 12.3. The highest BCUT2D eigenvalue weighted by Crippen LogP contribution is 2.29. The summed E-state index contributed by atoms with van der Waals surface area (Å²) in [6.07, 6.45) is 1.80. The molecule has 1 saturated heterocycles. The van der Waals surface area contributed by atoms with E-state index >= 15 is 0 Å². The molecule has 0 saturated carbocycles. The lowest BCUT2D eigenvalue weighted by molar-refractivity contribution is 0.0947. The molecule has 2 aromatic rings. The quantitative estimate of drug-likeness (QED) is 0.866. The second-order valence-electron chi connectivity index (χ2n) is 5.33. The van der Waals surface area contributed by atoms with Gasteiger partial charge in [-0.25, -0.2) is 17.7 Å². The molecule has 24 heavy (non-hydrogen) atoms. The van der Waals surface area contributed by atoms with Crippen LogP contribution in [0, 0.1) is 0 Å². The SMILES string of the molecule is O=C(NCCN1CCCS1(=O)=O)c1ncoc1-c1ccccc1Cl. The van der Waals surface area contributed by atoms with Crippen molar-refractivity contribution in [2.24, 2.45) is 0 Å². The van der Waals surface area contributed by atoms with Gasteiger partial charge in [-0.2, -0.15) is 0 Å². The van der Waals surface area contributed by atoms with Gasteiger partial charge < -0.3 is 9.73 Å². The Balaban J connectivity index is 1.67. The summed E-state index contributed by atoms with van der Waals surface area (Å²) < 4.78 is 30.1. The van der Waals surface area contributed by atoms with Gasteiger partial charge in [-0.1, -0.05) is 23.7 Å². The Morgan fingerprint density at radius 3 is 2.88 bits per heavy atom. The third-order valence-corrected chi connectivity index (χ3v) is 6.04. The fraction of sp³-hybridized carbons (Fsp3) is 0.333. The predicted molar refractivity (Wildman–Crippen MR) is 89.3 cm³/mol. The van der Waals surface area contributed by atoms with Crippen molar-refractivity contribution in [1.29, 1.82) is 0 Å². The molecule has 2 heterocycles. The van der Waals surface area contributed by atoms with E-state index in [1.807, 2.05) is 0 Å². The zero-order chi connectivity index (χ0) is 17.2. The smallest absolute Gasteiger partial charge is 0.273 e. The minimum Gasteiger partial charge on any atom is -0.443 e. The van der Waals surface area contributed by atoms with Crippen LogP contribution in [0.15, 0.2) is 35.1 Å². The summed E-state index contributed by atoms with van der Waals surface area (Å²) in [5.41, 5.74) is 0.691. The minimum atomic E-state index is -3.17. The van der Waals surface area contributed by atoms with Crippen molar-refractivity contribution in [3.05, 3.63) is 41.4 Å². The zero-order valence-corrected chi connectivity index (χ0v) is 14.3. The molecule has 1 aliphatic rings. The highest BCUT2D eigenvalue weighted by molar-refractivity contribution is 7.89. The molecule has 1 aliphatic heterocycles. The van der Waals surface area contributed by atoms with E-state index in [0.29, 0.717) is 23.6 Å². The topological polar surface area (TPSA) is 92.5 Å². The maximum atomic E-state index is 12.3. The van der Waals surface area contributed by atoms with Gasteiger partial charge in [0.15, 0.2) is 17.8 Å². The highest BCUT2D eigenvalue weighted by atomic mass is 35.5. The van der Waals surface area contributed by atoms with E-state index in [1.165, 1.54) is 10.7 Å². The molecule has 1 aromatic carbocycles. The Hall–Kier alpha value is -1.90. The average molecular weight is 370 g/mol. The van der Waals surface area contributed by atoms with Crippen molar-refractivity contribution >= 4 is 27.5 Å². The molecular formula is C15H16ClN3O4S. The number of aromatic nitrogens is 1. The van der Waals surface area contributed by atoms with Crippen molar-refractivity contribution in [1.82, 2.24) is 14.6 Å². The summed E-state index contributed by atoms with van der Waals surface area (Å²) >= 11 is 6.12. The van der Waals surface area contributed by atoms with Crippen LogP contribution in [0.25, 0.3) is 11.3 Å². The number of halogens is 1. The molecule has 1 N–H and O–H groups in total. The number of oxazole rings is 1. The Morgan fingerprint density at radius 1 is 1.38 bits per heavy atom. The van der Waals surface area contributed by atoms with Gasteiger partial charge in [0.05, 0.1) is 10.8 Å². The highest BCUT2D eigenvalue weighted by Gasteiger charge is 2.28. The lowest BCUT2D eigenvalue weighted by Crippen LogP contribution is -2.36. The number of nitrogens with zero attached hydrogens (tertiary/aromatic N) is 2. The Kier molecular flexibility index (Phi) is 4.88. The number of carbonyl (C=O) groups is 1. The third-order valence-electron chi connectivity index (χ3n) is 3.75. The van der Waals surface area contributed by atoms with Crippen LogP contribution in [0.1, 0.15) is 16.9 Å². The molecule has 128 valence electrons. The monoisotopic (exact) mass is 369 g/mol. The summed E-state index contributed by atoms with van der Waals surface area (Å²) in [4.78, 5) is 16.2. The molecule has 0 aliphatic carbocycles. The van der Waals surface area contributed by atoms with Crippen molar-refractivity contribution in [3.63, 3.8) is 0 Å². The number of sulfonamides is 1. The summed E-state index contributed by atoms with van der Waals surface area (Å²) in [5, 5.41) is 3.12. The van der Waals surface area contributed by atoms with E-state index in [2.05, 4.69) is 10.3 Å². The first-order valence-corrected chi connectivity index (χ1v) is 9.42. The third kappa shape index (κ3) is 3.45. The van der Waals surface area contributed by atoms with Crippen LogP contribution in [-0.4, -0.2) is 49.0 Å². The van der Waals surface area contributed by atoms with Gasteiger partial charge in [0.25, 0.3) is 5.91 Å². The molecule has 3 rings (SSSR count). The van der Waals surface area contributed by atoms with Gasteiger partial charge in [-0.3, -0.25) is 4.79 Å². The van der Waals surface area contributed by atoms with E-state index in [0.717, 1.165) is 0 Å². The molecule has 0 atom stereocenters. The Labute approximate surface area is 144 Å². The van der Waals surface area contributed by atoms with E-state index in [9.17, 15) is 13.2 Å². The number of amides is 1. The van der Waals surface area contributed by atoms with Crippen LogP contribution in [0.2, 0.25) is 5.02 Å². The van der Waals surface area contributed by atoms with Gasteiger partial charge in [-0.05, 0) is 18.6 Å². The van der Waals surface area contributed by atoms with Crippen LogP contribution in [0.5, 0.6) is 0 Å². The molecule has 1 fully saturated rings. The van der Waals surface area contributed by atoms with Gasteiger partial charge in [0.2, 0.25) is 10.0 Å². The number of nitrogens with one attached hydrogen (secondary N) is 1. The maximum Gasteiger partial charge on any atom is 0.273 e. The standard InChI is InChI=1S/C15H16ClN3O4S/c16-12-5-2-1-4-11(12)14-13(18-10-23-14)15(20)17-6-8-19-7-3-9-24(19,21)22/h1-2,4-5,10H,3,6-9H2,(H,17,20). The Bertz CT molecular complexity index is 850. The first-order valence-electron chi connectivity index (χ1n) is 7.43. The van der Waals surface area contributed by atoms with Crippen LogP contribution in [0.3, 0.4) is 0 Å². The number of hydrogen-bond donors (Lipinski definition) is 1. The lowest BCUT2D eigenvalue weighted by Gasteiger charge is -2.14. The van der Waals surface area contributed by atoms with E-state index in [-0.39, 0.29) is 30.3 Å². The van der Waals surface area contributed by atoms with Gasteiger partial charge in [-0.15, -0.1) is 0 Å². The predicted octanol–water partition coefficient (Wildman–Crippen LogP) is 1.76. The fourth-order valence-corrected chi connectivity index (χ4v) is 4.31. The van der Waals surface area contributed by atoms with E-state index in [1.54, 1.807) is 24.3 Å². The largest absolute Gasteiger partial charge is 0.443 e. The first-order chi connectivity index (χ1) is 11.5. The molecule has 7 nitrogen and oxygen atoms in total. The minimum absolute atomic E-state index is 0.118. The van der Waals surface area contributed by atoms with Gasteiger partial charge >= 0.3 is 0 Å². The molecule has 9 heteroatoms. The summed E-state index contributed by atoms with van der Waals surface area (Å²) in [6.45, 7) is 0.938. The lowest BCUT2D eigenvalue weighted by atomic mass is 10.1.